The first kappa shape index (κ1) is 26.4. The SMILES string of the molecule is CCOC(=O)c1nnn(Cc2ccc(OC)cc2)c1C(O)c1cc(OC(C)C)c(OC)cc1[N+](=O)[O-]. The van der Waals surface area contributed by atoms with Gasteiger partial charge < -0.3 is 24.1 Å². The van der Waals surface area contributed by atoms with E-state index >= 15 is 0 Å². The Hall–Kier alpha value is -4.19. The molecule has 0 amide bonds. The summed E-state index contributed by atoms with van der Waals surface area (Å²) in [5.41, 5.74) is -0.109. The second-order valence-corrected chi connectivity index (χ2v) is 7.94. The molecule has 0 bridgehead atoms. The molecule has 0 aliphatic heterocycles. The van der Waals surface area contributed by atoms with Crippen LogP contribution in [0.15, 0.2) is 36.4 Å². The van der Waals surface area contributed by atoms with E-state index in [0.717, 1.165) is 11.6 Å². The normalized spacial score (nSPS) is 11.8. The number of aliphatic hydroxyl groups excluding tert-OH is 1. The third-order valence-corrected chi connectivity index (χ3v) is 5.16. The van der Waals surface area contributed by atoms with E-state index in [1.54, 1.807) is 52.1 Å². The Bertz CT molecular complexity index is 1220. The minimum atomic E-state index is -1.67. The van der Waals surface area contributed by atoms with Crippen LogP contribution < -0.4 is 14.2 Å². The Kier molecular flexibility index (Phi) is 8.43. The van der Waals surface area contributed by atoms with Crippen molar-refractivity contribution in [3.8, 4) is 17.2 Å². The Balaban J connectivity index is 2.16. The van der Waals surface area contributed by atoms with Crippen LogP contribution in [0.2, 0.25) is 0 Å². The fourth-order valence-electron chi connectivity index (χ4n) is 3.55. The van der Waals surface area contributed by atoms with Gasteiger partial charge in [-0.05, 0) is 44.5 Å². The van der Waals surface area contributed by atoms with Crippen LogP contribution in [0.5, 0.6) is 17.2 Å². The molecule has 1 atom stereocenters. The number of carbonyl (C=O) groups excluding carboxylic acids is 1. The minimum Gasteiger partial charge on any atom is -0.497 e. The van der Waals surface area contributed by atoms with Gasteiger partial charge in [0.2, 0.25) is 0 Å². The molecule has 12 nitrogen and oxygen atoms in total. The lowest BCUT2D eigenvalue weighted by Gasteiger charge is -2.18. The van der Waals surface area contributed by atoms with Crippen LogP contribution in [0, 0.1) is 10.1 Å². The standard InChI is InChI=1S/C24H28N4O8/c1-6-35-24(30)21-22(27(26-25-21)13-15-7-9-16(33-4)10-8-15)23(29)17-11-20(36-14(2)3)19(34-5)12-18(17)28(31)32/h7-12,14,23,29H,6,13H2,1-5H3. The van der Waals surface area contributed by atoms with E-state index in [1.165, 1.54) is 17.9 Å². The molecule has 12 heteroatoms. The molecule has 0 aliphatic carbocycles. The fraction of sp³-hybridized carbons (Fsp3) is 0.375. The fourth-order valence-corrected chi connectivity index (χ4v) is 3.55. The average molecular weight is 501 g/mol. The number of hydrogen-bond donors (Lipinski definition) is 1. The lowest BCUT2D eigenvalue weighted by Crippen LogP contribution is -2.17. The number of ether oxygens (including phenoxy) is 4. The molecule has 0 fully saturated rings. The molecular weight excluding hydrogens is 472 g/mol. The summed E-state index contributed by atoms with van der Waals surface area (Å²) in [6, 6.07) is 9.55. The molecule has 192 valence electrons. The lowest BCUT2D eigenvalue weighted by molar-refractivity contribution is -0.386. The third kappa shape index (κ3) is 5.71. The van der Waals surface area contributed by atoms with Gasteiger partial charge in [-0.15, -0.1) is 5.10 Å². The quantitative estimate of drug-likeness (QED) is 0.236. The molecule has 3 aromatic rings. The highest BCUT2D eigenvalue weighted by molar-refractivity contribution is 5.88. The number of hydrogen-bond acceptors (Lipinski definition) is 10. The van der Waals surface area contributed by atoms with Crippen LogP contribution >= 0.6 is 0 Å². The number of benzene rings is 2. The zero-order valence-corrected chi connectivity index (χ0v) is 20.6. The van der Waals surface area contributed by atoms with Crippen LogP contribution in [0.3, 0.4) is 0 Å². The van der Waals surface area contributed by atoms with Crippen LogP contribution in [0.4, 0.5) is 5.69 Å². The van der Waals surface area contributed by atoms with Gasteiger partial charge in [0.15, 0.2) is 17.2 Å². The van der Waals surface area contributed by atoms with Gasteiger partial charge in [0.25, 0.3) is 5.69 Å². The van der Waals surface area contributed by atoms with Crippen LogP contribution in [-0.4, -0.2) is 57.9 Å². The van der Waals surface area contributed by atoms with Crippen LogP contribution in [0.1, 0.15) is 54.2 Å². The molecule has 2 aromatic carbocycles. The molecule has 36 heavy (non-hydrogen) atoms. The summed E-state index contributed by atoms with van der Waals surface area (Å²) in [5.74, 6) is 0.152. The molecule has 0 radical (unpaired) electrons. The Morgan fingerprint density at radius 3 is 2.39 bits per heavy atom. The Labute approximate surface area is 207 Å². The number of rotatable bonds is 11. The smallest absolute Gasteiger partial charge is 0.360 e. The summed E-state index contributed by atoms with van der Waals surface area (Å²) in [6.45, 7) is 5.36. The predicted molar refractivity (Wildman–Crippen MR) is 128 cm³/mol. The third-order valence-electron chi connectivity index (χ3n) is 5.16. The number of nitrogens with zero attached hydrogens (tertiary/aromatic N) is 4. The lowest BCUT2D eigenvalue weighted by atomic mass is 10.0. The Morgan fingerprint density at radius 2 is 1.83 bits per heavy atom. The molecule has 0 saturated carbocycles. The van der Waals surface area contributed by atoms with E-state index in [-0.39, 0.29) is 47.7 Å². The zero-order valence-electron chi connectivity index (χ0n) is 20.6. The maximum Gasteiger partial charge on any atom is 0.360 e. The second-order valence-electron chi connectivity index (χ2n) is 7.94. The molecule has 1 aromatic heterocycles. The number of nitro groups is 1. The monoisotopic (exact) mass is 500 g/mol. The molecule has 0 aliphatic rings. The van der Waals surface area contributed by atoms with Gasteiger partial charge in [-0.25, -0.2) is 9.48 Å². The number of esters is 1. The molecule has 0 spiro atoms. The number of methoxy groups -OCH3 is 2. The number of aliphatic hydroxyl groups is 1. The van der Waals surface area contributed by atoms with E-state index in [9.17, 15) is 20.0 Å². The van der Waals surface area contributed by atoms with Crippen LogP contribution in [0.25, 0.3) is 0 Å². The van der Waals surface area contributed by atoms with E-state index in [2.05, 4.69) is 10.3 Å². The molecular formula is C24H28N4O8. The van der Waals surface area contributed by atoms with Gasteiger partial charge in [0.1, 0.15) is 17.5 Å². The Morgan fingerprint density at radius 1 is 1.14 bits per heavy atom. The van der Waals surface area contributed by atoms with Crippen molar-refractivity contribution in [3.63, 3.8) is 0 Å². The van der Waals surface area contributed by atoms with Gasteiger partial charge in [-0.1, -0.05) is 17.3 Å². The first-order chi connectivity index (χ1) is 17.2. The van der Waals surface area contributed by atoms with Crippen molar-refractivity contribution in [1.29, 1.82) is 0 Å². The van der Waals surface area contributed by atoms with E-state index in [1.807, 2.05) is 0 Å². The zero-order chi connectivity index (χ0) is 26.4. The van der Waals surface area contributed by atoms with E-state index in [0.29, 0.717) is 5.75 Å². The van der Waals surface area contributed by atoms with E-state index < -0.39 is 22.7 Å². The number of carbonyl (C=O) groups is 1. The van der Waals surface area contributed by atoms with Crippen LogP contribution in [-0.2, 0) is 11.3 Å². The first-order valence-corrected chi connectivity index (χ1v) is 11.1. The maximum atomic E-state index is 12.6. The predicted octanol–water partition coefficient (Wildman–Crippen LogP) is 3.30. The molecule has 0 saturated heterocycles. The summed E-state index contributed by atoms with van der Waals surface area (Å²) in [5, 5.41) is 31.3. The average Bonchev–Trinajstić information content (AvgIpc) is 3.27. The van der Waals surface area contributed by atoms with Crippen molar-refractivity contribution in [2.24, 2.45) is 0 Å². The summed E-state index contributed by atoms with van der Waals surface area (Å²) >= 11 is 0. The van der Waals surface area contributed by atoms with Crippen molar-refractivity contribution >= 4 is 11.7 Å². The molecule has 3 rings (SSSR count). The minimum absolute atomic E-state index is 0.0620. The molecule has 1 heterocycles. The maximum absolute atomic E-state index is 12.6. The molecule has 1 N–H and O–H groups in total. The largest absolute Gasteiger partial charge is 0.497 e. The van der Waals surface area contributed by atoms with Crippen molar-refractivity contribution in [3.05, 3.63) is 69.0 Å². The van der Waals surface area contributed by atoms with Crippen molar-refractivity contribution in [2.45, 2.75) is 39.5 Å². The van der Waals surface area contributed by atoms with Crippen molar-refractivity contribution in [1.82, 2.24) is 15.0 Å². The summed E-state index contributed by atoms with van der Waals surface area (Å²) in [4.78, 5) is 23.9. The first-order valence-electron chi connectivity index (χ1n) is 11.1. The number of nitro benzene ring substituents is 1. The number of aromatic nitrogens is 3. The van der Waals surface area contributed by atoms with Crippen molar-refractivity contribution in [2.75, 3.05) is 20.8 Å². The topological polar surface area (TPSA) is 148 Å². The van der Waals surface area contributed by atoms with Gasteiger partial charge >= 0.3 is 5.97 Å². The summed E-state index contributed by atoms with van der Waals surface area (Å²) < 4.78 is 22.5. The highest BCUT2D eigenvalue weighted by atomic mass is 16.6. The van der Waals surface area contributed by atoms with Gasteiger partial charge in [0.05, 0.1) is 50.0 Å². The van der Waals surface area contributed by atoms with Gasteiger partial charge in [0, 0.05) is 0 Å². The van der Waals surface area contributed by atoms with Gasteiger partial charge in [-0.3, -0.25) is 10.1 Å². The second kappa shape index (κ2) is 11.5. The highest BCUT2D eigenvalue weighted by Crippen LogP contribution is 2.40. The van der Waals surface area contributed by atoms with Crippen molar-refractivity contribution < 1.29 is 33.8 Å². The van der Waals surface area contributed by atoms with E-state index in [4.69, 9.17) is 18.9 Å². The summed E-state index contributed by atoms with van der Waals surface area (Å²) in [7, 11) is 2.90. The molecule has 1 unspecified atom stereocenters. The highest BCUT2D eigenvalue weighted by Gasteiger charge is 2.33. The summed E-state index contributed by atoms with van der Waals surface area (Å²) in [6.07, 6.45) is -1.94. The van der Waals surface area contributed by atoms with Gasteiger partial charge in [-0.2, -0.15) is 0 Å².